The van der Waals surface area contributed by atoms with Crippen LogP contribution in [-0.4, -0.2) is 0 Å². The van der Waals surface area contributed by atoms with Gasteiger partial charge in [0.05, 0.1) is 4.47 Å². The maximum atomic E-state index is 5.84. The minimum absolute atomic E-state index is 0.0154. The second-order valence-corrected chi connectivity index (χ2v) is 5.68. The van der Waals surface area contributed by atoms with Crippen LogP contribution >= 0.6 is 27.5 Å². The van der Waals surface area contributed by atoms with Crippen LogP contribution in [-0.2, 0) is 6.61 Å². The molecule has 0 aliphatic carbocycles. The molecule has 2 N–H and O–H groups in total. The van der Waals surface area contributed by atoms with E-state index in [-0.39, 0.29) is 6.04 Å². The molecule has 0 aromatic heterocycles. The number of nitrogens with two attached hydrogens (primary N) is 1. The molecule has 100 valence electrons. The van der Waals surface area contributed by atoms with E-state index in [2.05, 4.69) is 15.9 Å². The van der Waals surface area contributed by atoms with Crippen molar-refractivity contribution in [3.05, 3.63) is 63.1 Å². The summed E-state index contributed by atoms with van der Waals surface area (Å²) in [5.41, 5.74) is 7.99. The van der Waals surface area contributed by atoms with Crippen LogP contribution in [0.2, 0.25) is 5.02 Å². The second-order valence-electron chi connectivity index (χ2n) is 4.39. The van der Waals surface area contributed by atoms with Gasteiger partial charge in [-0.05, 0) is 58.2 Å². The van der Waals surface area contributed by atoms with E-state index in [0.717, 1.165) is 26.4 Å². The maximum absolute atomic E-state index is 5.84. The lowest BCUT2D eigenvalue weighted by Crippen LogP contribution is -2.05. The van der Waals surface area contributed by atoms with Gasteiger partial charge in [0.2, 0.25) is 0 Å². The Labute approximate surface area is 126 Å². The zero-order chi connectivity index (χ0) is 13.8. The van der Waals surface area contributed by atoms with Crippen molar-refractivity contribution in [1.29, 1.82) is 0 Å². The molecule has 2 aromatic rings. The van der Waals surface area contributed by atoms with Gasteiger partial charge in [-0.1, -0.05) is 29.8 Å². The van der Waals surface area contributed by atoms with Gasteiger partial charge >= 0.3 is 0 Å². The van der Waals surface area contributed by atoms with Gasteiger partial charge in [0.1, 0.15) is 12.4 Å². The van der Waals surface area contributed by atoms with Gasteiger partial charge in [-0.3, -0.25) is 0 Å². The fourth-order valence-electron chi connectivity index (χ4n) is 1.66. The Morgan fingerprint density at radius 3 is 2.47 bits per heavy atom. The summed E-state index contributed by atoms with van der Waals surface area (Å²) in [7, 11) is 0. The van der Waals surface area contributed by atoms with E-state index in [1.165, 1.54) is 0 Å². The zero-order valence-corrected chi connectivity index (χ0v) is 12.9. The summed E-state index contributed by atoms with van der Waals surface area (Å²) in [6.07, 6.45) is 0. The lowest BCUT2D eigenvalue weighted by Gasteiger charge is -2.11. The Morgan fingerprint density at radius 1 is 1.21 bits per heavy atom. The summed E-state index contributed by atoms with van der Waals surface area (Å²) in [6.45, 7) is 2.46. The number of rotatable bonds is 4. The van der Waals surface area contributed by atoms with Crippen LogP contribution < -0.4 is 10.5 Å². The molecule has 0 saturated carbocycles. The number of ether oxygens (including phenoxy) is 1. The Hall–Kier alpha value is -1.03. The highest BCUT2D eigenvalue weighted by Gasteiger charge is 2.05. The average molecular weight is 341 g/mol. The van der Waals surface area contributed by atoms with E-state index in [0.29, 0.717) is 6.61 Å². The van der Waals surface area contributed by atoms with Gasteiger partial charge in [-0.25, -0.2) is 0 Å². The first-order valence-corrected chi connectivity index (χ1v) is 7.15. The van der Waals surface area contributed by atoms with Gasteiger partial charge in [0, 0.05) is 11.1 Å². The minimum atomic E-state index is 0.0154. The molecule has 0 radical (unpaired) electrons. The topological polar surface area (TPSA) is 35.2 Å². The third-order valence-electron chi connectivity index (χ3n) is 2.79. The predicted molar refractivity (Wildman–Crippen MR) is 82.5 cm³/mol. The van der Waals surface area contributed by atoms with Gasteiger partial charge in [0.25, 0.3) is 0 Å². The largest absolute Gasteiger partial charge is 0.488 e. The molecule has 0 amide bonds. The van der Waals surface area contributed by atoms with E-state index in [4.69, 9.17) is 22.1 Å². The van der Waals surface area contributed by atoms with Crippen molar-refractivity contribution in [2.75, 3.05) is 0 Å². The summed E-state index contributed by atoms with van der Waals surface area (Å²) in [6, 6.07) is 13.5. The maximum Gasteiger partial charge on any atom is 0.134 e. The molecule has 2 nitrogen and oxygen atoms in total. The lowest BCUT2D eigenvalue weighted by atomic mass is 10.1. The van der Waals surface area contributed by atoms with Gasteiger partial charge in [-0.2, -0.15) is 0 Å². The smallest absolute Gasteiger partial charge is 0.134 e. The van der Waals surface area contributed by atoms with E-state index >= 15 is 0 Å². The first kappa shape index (κ1) is 14.4. The van der Waals surface area contributed by atoms with Crippen molar-refractivity contribution in [1.82, 2.24) is 0 Å². The summed E-state index contributed by atoms with van der Waals surface area (Å²) >= 11 is 9.34. The molecule has 19 heavy (non-hydrogen) atoms. The zero-order valence-electron chi connectivity index (χ0n) is 10.6. The first-order valence-electron chi connectivity index (χ1n) is 5.98. The molecule has 0 bridgehead atoms. The molecule has 0 heterocycles. The third-order valence-corrected chi connectivity index (χ3v) is 3.66. The van der Waals surface area contributed by atoms with Crippen molar-refractivity contribution in [3.8, 4) is 5.75 Å². The molecule has 0 aliphatic rings. The van der Waals surface area contributed by atoms with Crippen LogP contribution in [0.5, 0.6) is 5.75 Å². The van der Waals surface area contributed by atoms with E-state index in [9.17, 15) is 0 Å². The highest BCUT2D eigenvalue weighted by atomic mass is 79.9. The van der Waals surface area contributed by atoms with E-state index in [1.807, 2.05) is 49.4 Å². The molecule has 0 unspecified atom stereocenters. The number of halogens is 2. The Kier molecular flexibility index (Phi) is 4.86. The number of hydrogen-bond acceptors (Lipinski definition) is 2. The summed E-state index contributed by atoms with van der Waals surface area (Å²) in [4.78, 5) is 0. The number of hydrogen-bond donors (Lipinski definition) is 1. The molecular weight excluding hydrogens is 326 g/mol. The van der Waals surface area contributed by atoms with Crippen LogP contribution in [0.4, 0.5) is 0 Å². The first-order chi connectivity index (χ1) is 9.06. The third kappa shape index (κ3) is 3.96. The van der Waals surface area contributed by atoms with E-state index < -0.39 is 0 Å². The molecule has 0 saturated heterocycles. The van der Waals surface area contributed by atoms with Crippen LogP contribution in [0.25, 0.3) is 0 Å². The Morgan fingerprint density at radius 2 is 1.89 bits per heavy atom. The summed E-state index contributed by atoms with van der Waals surface area (Å²) < 4.78 is 6.68. The molecule has 0 spiro atoms. The molecular formula is C15H15BrClNO. The normalized spacial score (nSPS) is 12.2. The lowest BCUT2D eigenvalue weighted by molar-refractivity contribution is 0.304. The fraction of sp³-hybridized carbons (Fsp3) is 0.200. The van der Waals surface area contributed by atoms with Crippen LogP contribution in [0.15, 0.2) is 46.9 Å². The fourth-order valence-corrected chi connectivity index (χ4v) is 2.30. The molecule has 1 atom stereocenters. The van der Waals surface area contributed by atoms with Crippen LogP contribution in [0.1, 0.15) is 24.1 Å². The standard InChI is InChI=1S/C15H15BrClNO/c1-10(18)12-4-7-15(14(16)8-12)19-9-11-2-5-13(17)6-3-11/h2-8,10H,9,18H2,1H3/t10-/m1/s1. The van der Waals surface area contributed by atoms with Crippen molar-refractivity contribution in [2.45, 2.75) is 19.6 Å². The highest BCUT2D eigenvalue weighted by Crippen LogP contribution is 2.28. The molecule has 2 rings (SSSR count). The van der Waals surface area contributed by atoms with Gasteiger partial charge in [0.15, 0.2) is 0 Å². The van der Waals surface area contributed by atoms with Crippen molar-refractivity contribution < 1.29 is 4.74 Å². The predicted octanol–water partition coefficient (Wildman–Crippen LogP) is 4.70. The number of benzene rings is 2. The molecule has 0 fully saturated rings. The highest BCUT2D eigenvalue weighted by molar-refractivity contribution is 9.10. The van der Waals surface area contributed by atoms with Gasteiger partial charge < -0.3 is 10.5 Å². The van der Waals surface area contributed by atoms with Crippen LogP contribution in [0.3, 0.4) is 0 Å². The monoisotopic (exact) mass is 339 g/mol. The van der Waals surface area contributed by atoms with Crippen molar-refractivity contribution in [2.24, 2.45) is 5.73 Å². The quantitative estimate of drug-likeness (QED) is 0.875. The summed E-state index contributed by atoms with van der Waals surface area (Å²) in [5.74, 6) is 0.805. The molecule has 4 heteroatoms. The van der Waals surface area contributed by atoms with Gasteiger partial charge in [-0.15, -0.1) is 0 Å². The van der Waals surface area contributed by atoms with Crippen LogP contribution in [0, 0.1) is 0 Å². The SMILES string of the molecule is C[C@@H](N)c1ccc(OCc2ccc(Cl)cc2)c(Br)c1. The van der Waals surface area contributed by atoms with E-state index in [1.54, 1.807) is 0 Å². The molecule has 2 aromatic carbocycles. The Bertz CT molecular complexity index is 555. The molecule has 0 aliphatic heterocycles. The minimum Gasteiger partial charge on any atom is -0.488 e. The van der Waals surface area contributed by atoms with Crippen molar-refractivity contribution >= 4 is 27.5 Å². The Balaban J connectivity index is 2.05. The summed E-state index contributed by atoms with van der Waals surface area (Å²) in [5, 5.41) is 0.728. The second kappa shape index (κ2) is 6.42. The van der Waals surface area contributed by atoms with Crippen molar-refractivity contribution in [3.63, 3.8) is 0 Å². The average Bonchev–Trinajstić information content (AvgIpc) is 2.39.